The van der Waals surface area contributed by atoms with Gasteiger partial charge < -0.3 is 4.74 Å². The van der Waals surface area contributed by atoms with Crippen LogP contribution in [0.3, 0.4) is 0 Å². The summed E-state index contributed by atoms with van der Waals surface area (Å²) in [6.45, 7) is 4.10. The number of hydrogen-bond acceptors (Lipinski definition) is 7. The summed E-state index contributed by atoms with van der Waals surface area (Å²) in [6, 6.07) is 2.00. The average Bonchev–Trinajstić information content (AvgIpc) is 3.24. The Balaban J connectivity index is 1.69. The molecule has 0 spiro atoms. The van der Waals surface area contributed by atoms with Gasteiger partial charge in [-0.15, -0.1) is 22.7 Å². The molecule has 0 saturated carbocycles. The Labute approximate surface area is 140 Å². The summed E-state index contributed by atoms with van der Waals surface area (Å²) < 4.78 is 5.36. The number of carbonyl (C=O) groups excluding carboxylic acids is 1. The number of aryl methyl sites for hydroxylation is 2. The lowest BCUT2D eigenvalue weighted by Gasteiger charge is -2.00. The van der Waals surface area contributed by atoms with E-state index in [0.717, 1.165) is 27.7 Å². The van der Waals surface area contributed by atoms with E-state index in [0.29, 0.717) is 10.6 Å². The lowest BCUT2D eigenvalue weighted by atomic mass is 10.3. The molecule has 0 unspecified atom stereocenters. The van der Waals surface area contributed by atoms with Crippen LogP contribution in [-0.2, 0) is 17.8 Å². The van der Waals surface area contributed by atoms with Gasteiger partial charge >= 0.3 is 5.97 Å². The van der Waals surface area contributed by atoms with Crippen molar-refractivity contribution in [3.63, 3.8) is 0 Å². The summed E-state index contributed by atoms with van der Waals surface area (Å²) in [6.07, 6.45) is 0.899. The van der Waals surface area contributed by atoms with Gasteiger partial charge in [-0.1, -0.05) is 6.92 Å². The second kappa shape index (κ2) is 6.68. The van der Waals surface area contributed by atoms with Crippen molar-refractivity contribution in [1.82, 2.24) is 9.97 Å². The third kappa shape index (κ3) is 3.26. The number of nitrogens with zero attached hydrogens (tertiary/aromatic N) is 2. The van der Waals surface area contributed by atoms with E-state index >= 15 is 0 Å². The Morgan fingerprint density at radius 3 is 2.86 bits per heavy atom. The summed E-state index contributed by atoms with van der Waals surface area (Å²) in [7, 11) is 0. The summed E-state index contributed by atoms with van der Waals surface area (Å²) in [5, 5.41) is 7.86. The molecule has 114 valence electrons. The van der Waals surface area contributed by atoms with E-state index < -0.39 is 0 Å². The molecule has 0 atom stereocenters. The van der Waals surface area contributed by atoms with Gasteiger partial charge in [-0.25, -0.2) is 14.8 Å². The van der Waals surface area contributed by atoms with E-state index in [4.69, 9.17) is 4.74 Å². The molecule has 0 saturated heterocycles. The first-order valence-electron chi connectivity index (χ1n) is 6.77. The molecule has 0 radical (unpaired) electrons. The lowest BCUT2D eigenvalue weighted by Crippen LogP contribution is -2.05. The van der Waals surface area contributed by atoms with Crippen molar-refractivity contribution >= 4 is 40.0 Å². The number of carbonyl (C=O) groups is 1. The van der Waals surface area contributed by atoms with Gasteiger partial charge in [0.1, 0.15) is 16.5 Å². The number of aromatic nitrogens is 2. The first-order valence-corrected chi connectivity index (χ1v) is 9.41. The monoisotopic (exact) mass is 350 g/mol. The molecule has 0 fully saturated rings. The fraction of sp³-hybridized carbons (Fsp3) is 0.267. The lowest BCUT2D eigenvalue weighted by molar-refractivity contribution is 0.0473. The topological polar surface area (TPSA) is 52.1 Å². The molecule has 22 heavy (non-hydrogen) atoms. The van der Waals surface area contributed by atoms with Crippen LogP contribution in [0.2, 0.25) is 0 Å². The van der Waals surface area contributed by atoms with Gasteiger partial charge in [0.25, 0.3) is 0 Å². The maximum absolute atomic E-state index is 12.2. The van der Waals surface area contributed by atoms with Crippen LogP contribution in [0.1, 0.15) is 33.0 Å². The summed E-state index contributed by atoms with van der Waals surface area (Å²) >= 11 is 4.58. The summed E-state index contributed by atoms with van der Waals surface area (Å²) in [5.41, 5.74) is 2.56. The van der Waals surface area contributed by atoms with Crippen molar-refractivity contribution in [2.45, 2.75) is 26.9 Å². The highest BCUT2D eigenvalue weighted by atomic mass is 32.1. The molecule has 3 heterocycles. The molecule has 0 aliphatic carbocycles. The second-order valence-corrected chi connectivity index (χ2v) is 7.33. The van der Waals surface area contributed by atoms with Crippen LogP contribution in [0.25, 0.3) is 10.6 Å². The number of esters is 1. The molecule has 7 heteroatoms. The van der Waals surface area contributed by atoms with E-state index in [2.05, 4.69) is 16.9 Å². The molecular formula is C15H14N2O2S3. The van der Waals surface area contributed by atoms with Gasteiger partial charge in [-0.3, -0.25) is 0 Å². The molecule has 4 nitrogen and oxygen atoms in total. The maximum Gasteiger partial charge on any atom is 0.350 e. The SMILES string of the molecule is CCc1nc(COC(=O)c2sc(-c3ccsc3)nc2C)cs1. The maximum atomic E-state index is 12.2. The minimum atomic E-state index is -0.331. The predicted molar refractivity (Wildman–Crippen MR) is 90.8 cm³/mol. The average molecular weight is 350 g/mol. The van der Waals surface area contributed by atoms with E-state index in [1.807, 2.05) is 29.1 Å². The molecule has 3 rings (SSSR count). The van der Waals surface area contributed by atoms with Crippen LogP contribution < -0.4 is 0 Å². The van der Waals surface area contributed by atoms with Crippen LogP contribution >= 0.6 is 34.0 Å². The number of thiazole rings is 2. The smallest absolute Gasteiger partial charge is 0.350 e. The van der Waals surface area contributed by atoms with Gasteiger partial charge in [-0.2, -0.15) is 11.3 Å². The van der Waals surface area contributed by atoms with E-state index in [-0.39, 0.29) is 12.6 Å². The van der Waals surface area contributed by atoms with Gasteiger partial charge in [0.2, 0.25) is 0 Å². The van der Waals surface area contributed by atoms with Crippen LogP contribution in [-0.4, -0.2) is 15.9 Å². The molecule has 0 aliphatic heterocycles. The summed E-state index contributed by atoms with van der Waals surface area (Å²) in [4.78, 5) is 21.6. The molecule has 0 amide bonds. The van der Waals surface area contributed by atoms with Crippen LogP contribution in [0.5, 0.6) is 0 Å². The second-order valence-electron chi connectivity index (χ2n) is 4.61. The highest BCUT2D eigenvalue weighted by Gasteiger charge is 2.18. The third-order valence-electron chi connectivity index (χ3n) is 3.00. The highest BCUT2D eigenvalue weighted by Crippen LogP contribution is 2.30. The van der Waals surface area contributed by atoms with Crippen molar-refractivity contribution in [3.8, 4) is 10.6 Å². The molecule has 0 aromatic carbocycles. The Morgan fingerprint density at radius 1 is 1.32 bits per heavy atom. The fourth-order valence-corrected chi connectivity index (χ4v) is 4.28. The number of ether oxygens (including phenoxy) is 1. The summed E-state index contributed by atoms with van der Waals surface area (Å²) in [5.74, 6) is -0.331. The van der Waals surface area contributed by atoms with E-state index in [1.54, 1.807) is 22.7 Å². The zero-order chi connectivity index (χ0) is 15.5. The van der Waals surface area contributed by atoms with Crippen LogP contribution in [0.4, 0.5) is 0 Å². The Kier molecular flexibility index (Phi) is 4.66. The molecular weight excluding hydrogens is 336 g/mol. The third-order valence-corrected chi connectivity index (χ3v) is 5.91. The minimum absolute atomic E-state index is 0.209. The number of thiophene rings is 1. The van der Waals surface area contributed by atoms with Crippen molar-refractivity contribution in [1.29, 1.82) is 0 Å². The molecule has 3 aromatic rings. The minimum Gasteiger partial charge on any atom is -0.455 e. The first kappa shape index (κ1) is 15.3. The fourth-order valence-electron chi connectivity index (χ4n) is 1.88. The van der Waals surface area contributed by atoms with E-state index in [1.165, 1.54) is 11.3 Å². The first-order chi connectivity index (χ1) is 10.7. The van der Waals surface area contributed by atoms with Crippen LogP contribution in [0, 0.1) is 6.92 Å². The van der Waals surface area contributed by atoms with Gasteiger partial charge in [-0.05, 0) is 24.8 Å². The number of rotatable bonds is 5. The standard InChI is InChI=1S/C15H14N2O2S3/c1-3-12-17-11(8-21-12)6-19-15(18)13-9(2)16-14(22-13)10-4-5-20-7-10/h4-5,7-8H,3,6H2,1-2H3. The molecule has 3 aromatic heterocycles. The Morgan fingerprint density at radius 2 is 2.18 bits per heavy atom. The Hall–Kier alpha value is -1.57. The Bertz CT molecular complexity index is 775. The van der Waals surface area contributed by atoms with E-state index in [9.17, 15) is 4.79 Å². The highest BCUT2D eigenvalue weighted by molar-refractivity contribution is 7.17. The van der Waals surface area contributed by atoms with Gasteiger partial charge in [0.15, 0.2) is 0 Å². The number of hydrogen-bond donors (Lipinski definition) is 0. The zero-order valence-electron chi connectivity index (χ0n) is 12.2. The normalized spacial score (nSPS) is 10.8. The predicted octanol–water partition coefficient (Wildman–Crippen LogP) is 4.56. The van der Waals surface area contributed by atoms with Crippen molar-refractivity contribution in [2.24, 2.45) is 0 Å². The van der Waals surface area contributed by atoms with Gasteiger partial charge in [0.05, 0.1) is 16.4 Å². The zero-order valence-corrected chi connectivity index (χ0v) is 14.6. The van der Waals surface area contributed by atoms with Crippen molar-refractivity contribution in [2.75, 3.05) is 0 Å². The molecule has 0 N–H and O–H groups in total. The molecule has 0 aliphatic rings. The largest absolute Gasteiger partial charge is 0.455 e. The van der Waals surface area contributed by atoms with Crippen molar-refractivity contribution < 1.29 is 9.53 Å². The van der Waals surface area contributed by atoms with Gasteiger partial charge in [0, 0.05) is 16.3 Å². The van der Waals surface area contributed by atoms with Crippen molar-refractivity contribution in [3.05, 3.63) is 43.5 Å². The molecule has 0 bridgehead atoms. The van der Waals surface area contributed by atoms with Crippen LogP contribution in [0.15, 0.2) is 22.2 Å². The quantitative estimate of drug-likeness (QED) is 0.633.